The van der Waals surface area contributed by atoms with Crippen LogP contribution in [0.1, 0.15) is 19.3 Å². The van der Waals surface area contributed by atoms with Crippen LogP contribution < -0.4 is 4.89 Å². The molecule has 1 aromatic carbocycles. The van der Waals surface area contributed by atoms with Gasteiger partial charge in [-0.3, -0.25) is 0 Å². The highest BCUT2D eigenvalue weighted by Gasteiger charge is 2.26. The Morgan fingerprint density at radius 1 is 1.04 bits per heavy atom. The van der Waals surface area contributed by atoms with Crippen LogP contribution in [0.2, 0.25) is 0 Å². The van der Waals surface area contributed by atoms with Crippen LogP contribution in [0.5, 0.6) is 0 Å². The minimum atomic E-state index is -4.31. The summed E-state index contributed by atoms with van der Waals surface area (Å²) in [5.41, 5.74) is 0. The highest BCUT2D eigenvalue weighted by atomic mass is 32.2. The van der Waals surface area contributed by atoms with Gasteiger partial charge in [-0.25, -0.2) is 21.6 Å². The molecule has 128 valence electrons. The second-order valence-electron chi connectivity index (χ2n) is 5.22. The number of likely N-dealkylation sites (tertiary alicyclic amines) is 1. The molecule has 0 aromatic heterocycles. The number of sulfone groups is 1. The monoisotopic (exact) mass is 362 g/mol. The average molecular weight is 362 g/mol. The van der Waals surface area contributed by atoms with E-state index in [-0.39, 0.29) is 4.90 Å². The molecule has 2 rings (SSSR count). The van der Waals surface area contributed by atoms with Crippen molar-refractivity contribution in [1.82, 2.24) is 9.79 Å². The summed E-state index contributed by atoms with van der Waals surface area (Å²) in [7, 11) is -8.05. The lowest BCUT2D eigenvalue weighted by atomic mass is 10.1. The maximum absolute atomic E-state index is 12.2. The predicted molar refractivity (Wildman–Crippen MR) is 81.8 cm³/mol. The summed E-state index contributed by atoms with van der Waals surface area (Å²) in [4.78, 5) is 18.7. The summed E-state index contributed by atoms with van der Waals surface area (Å²) in [6.45, 7) is 1.00. The molecule has 0 atom stereocenters. The number of amides is 1. The topological polar surface area (TPSA) is 110 Å². The molecule has 1 aliphatic heterocycles. The van der Waals surface area contributed by atoms with Gasteiger partial charge in [0.1, 0.15) is 4.90 Å². The zero-order valence-corrected chi connectivity index (χ0v) is 14.2. The van der Waals surface area contributed by atoms with Crippen molar-refractivity contribution in [2.45, 2.75) is 29.1 Å². The van der Waals surface area contributed by atoms with E-state index in [1.54, 1.807) is 4.89 Å². The van der Waals surface area contributed by atoms with E-state index in [1.165, 1.54) is 23.1 Å². The first-order chi connectivity index (χ1) is 10.7. The van der Waals surface area contributed by atoms with Crippen LogP contribution in [0.3, 0.4) is 0 Å². The van der Waals surface area contributed by atoms with Gasteiger partial charge in [-0.2, -0.15) is 0 Å². The van der Waals surface area contributed by atoms with Crippen molar-refractivity contribution >= 4 is 26.0 Å². The first kappa shape index (κ1) is 17.7. The molecule has 10 heteroatoms. The number of nitrogens with one attached hydrogen (secondary N) is 1. The van der Waals surface area contributed by atoms with E-state index < -0.39 is 30.8 Å². The standard InChI is InChI=1S/C13H18N2O6S2/c1-22(17,18)11-7-3-4-8-12(11)23(19,20)14-21-13(16)15-9-5-2-6-10-15/h3-4,7-8,14H,2,5-6,9-10H2,1H3. The van der Waals surface area contributed by atoms with Crippen molar-refractivity contribution in [2.75, 3.05) is 19.3 Å². The first-order valence-corrected chi connectivity index (χ1v) is 10.4. The van der Waals surface area contributed by atoms with Crippen molar-refractivity contribution in [3.63, 3.8) is 0 Å². The lowest BCUT2D eigenvalue weighted by molar-refractivity contribution is 0.0774. The Labute approximate surface area is 135 Å². The highest BCUT2D eigenvalue weighted by Crippen LogP contribution is 2.20. The molecule has 1 saturated heterocycles. The van der Waals surface area contributed by atoms with E-state index in [0.717, 1.165) is 31.6 Å². The molecule has 0 aliphatic carbocycles. The van der Waals surface area contributed by atoms with E-state index >= 15 is 0 Å². The molecule has 1 aromatic rings. The van der Waals surface area contributed by atoms with Crippen LogP contribution in [0.4, 0.5) is 4.79 Å². The van der Waals surface area contributed by atoms with Gasteiger partial charge in [0.25, 0.3) is 10.0 Å². The fourth-order valence-corrected chi connectivity index (χ4v) is 4.66. The maximum Gasteiger partial charge on any atom is 0.429 e. The van der Waals surface area contributed by atoms with Gasteiger partial charge in [-0.05, 0) is 36.3 Å². The van der Waals surface area contributed by atoms with Gasteiger partial charge in [0.15, 0.2) is 9.84 Å². The highest BCUT2D eigenvalue weighted by molar-refractivity contribution is 7.93. The number of carbonyl (C=O) groups is 1. The Morgan fingerprint density at radius 3 is 2.17 bits per heavy atom. The summed E-state index contributed by atoms with van der Waals surface area (Å²) in [6, 6.07) is 5.11. The zero-order valence-electron chi connectivity index (χ0n) is 12.6. The molecule has 1 aliphatic rings. The lowest BCUT2D eigenvalue weighted by Crippen LogP contribution is -2.40. The Morgan fingerprint density at radius 2 is 1.61 bits per heavy atom. The van der Waals surface area contributed by atoms with E-state index in [1.807, 2.05) is 0 Å². The van der Waals surface area contributed by atoms with Gasteiger partial charge in [0, 0.05) is 19.3 Å². The molecule has 0 bridgehead atoms. The average Bonchev–Trinajstić information content (AvgIpc) is 2.53. The van der Waals surface area contributed by atoms with Crippen LogP contribution >= 0.6 is 0 Å². The predicted octanol–water partition coefficient (Wildman–Crippen LogP) is 0.906. The van der Waals surface area contributed by atoms with Crippen LogP contribution in [-0.4, -0.2) is 47.2 Å². The number of nitrogens with zero attached hydrogens (tertiary/aromatic N) is 1. The van der Waals surface area contributed by atoms with Crippen LogP contribution in [-0.2, 0) is 24.7 Å². The molecule has 0 radical (unpaired) electrons. The molecular formula is C13H18N2O6S2. The molecule has 1 N–H and O–H groups in total. The fourth-order valence-electron chi connectivity index (χ4n) is 2.25. The van der Waals surface area contributed by atoms with E-state index in [9.17, 15) is 21.6 Å². The first-order valence-electron chi connectivity index (χ1n) is 6.98. The second kappa shape index (κ2) is 6.85. The molecule has 1 amide bonds. The SMILES string of the molecule is CS(=O)(=O)c1ccccc1S(=O)(=O)NOC(=O)N1CCCCC1. The molecule has 1 fully saturated rings. The van der Waals surface area contributed by atoms with Crippen molar-refractivity contribution in [3.8, 4) is 0 Å². The minimum absolute atomic E-state index is 0.360. The summed E-state index contributed by atoms with van der Waals surface area (Å²) in [5, 5.41) is 0. The van der Waals surface area contributed by atoms with Crippen LogP contribution in [0, 0.1) is 0 Å². The quantitative estimate of drug-likeness (QED) is 0.797. The zero-order chi connectivity index (χ0) is 17.1. The lowest BCUT2D eigenvalue weighted by Gasteiger charge is -2.25. The molecule has 0 unspecified atom stereocenters. The maximum atomic E-state index is 12.2. The number of piperidine rings is 1. The summed E-state index contributed by atoms with van der Waals surface area (Å²) >= 11 is 0. The Kier molecular flexibility index (Phi) is 5.27. The Bertz CT molecular complexity index is 782. The Balaban J connectivity index is 2.15. The molecule has 0 spiro atoms. The fraction of sp³-hybridized carbons (Fsp3) is 0.462. The van der Waals surface area contributed by atoms with Crippen molar-refractivity contribution in [1.29, 1.82) is 0 Å². The van der Waals surface area contributed by atoms with Gasteiger partial charge in [-0.15, -0.1) is 0 Å². The van der Waals surface area contributed by atoms with Crippen LogP contribution in [0.15, 0.2) is 34.1 Å². The third-order valence-corrected chi connectivity index (χ3v) is 5.91. The Hall–Kier alpha value is -1.65. The molecular weight excluding hydrogens is 344 g/mol. The van der Waals surface area contributed by atoms with Gasteiger partial charge in [-0.1, -0.05) is 12.1 Å². The molecule has 1 heterocycles. The third kappa shape index (κ3) is 4.43. The van der Waals surface area contributed by atoms with Crippen molar-refractivity contribution in [3.05, 3.63) is 24.3 Å². The number of rotatable bonds is 4. The minimum Gasteiger partial charge on any atom is -0.338 e. The largest absolute Gasteiger partial charge is 0.429 e. The molecule has 8 nitrogen and oxygen atoms in total. The van der Waals surface area contributed by atoms with Gasteiger partial charge < -0.3 is 9.74 Å². The van der Waals surface area contributed by atoms with Crippen molar-refractivity contribution in [2.24, 2.45) is 0 Å². The van der Waals surface area contributed by atoms with Crippen molar-refractivity contribution < 1.29 is 26.5 Å². The smallest absolute Gasteiger partial charge is 0.338 e. The number of carbonyl (C=O) groups excluding carboxylic acids is 1. The number of hydrogen-bond donors (Lipinski definition) is 1. The van der Waals surface area contributed by atoms with Gasteiger partial charge in [0.05, 0.1) is 4.90 Å². The van der Waals surface area contributed by atoms with E-state index in [2.05, 4.69) is 4.84 Å². The summed E-state index contributed by atoms with van der Waals surface area (Å²) in [5.74, 6) is 0. The van der Waals surface area contributed by atoms with E-state index in [4.69, 9.17) is 0 Å². The van der Waals surface area contributed by atoms with Gasteiger partial charge >= 0.3 is 6.09 Å². The number of hydrogen-bond acceptors (Lipinski definition) is 6. The normalized spacial score (nSPS) is 16.1. The van der Waals surface area contributed by atoms with Gasteiger partial charge in [0.2, 0.25) is 0 Å². The summed E-state index contributed by atoms with van der Waals surface area (Å²) < 4.78 is 47.8. The third-order valence-electron chi connectivity index (χ3n) is 3.39. The van der Waals surface area contributed by atoms with E-state index in [0.29, 0.717) is 13.1 Å². The summed E-state index contributed by atoms with van der Waals surface area (Å²) in [6.07, 6.45) is 2.78. The molecule has 23 heavy (non-hydrogen) atoms. The number of sulfonamides is 1. The number of benzene rings is 1. The second-order valence-corrected chi connectivity index (χ2v) is 8.82. The molecule has 0 saturated carbocycles. The van der Waals surface area contributed by atoms with Crippen LogP contribution in [0.25, 0.3) is 0 Å².